The van der Waals surface area contributed by atoms with E-state index < -0.39 is 0 Å². The minimum Gasteiger partial charge on any atom is -0.506 e. The lowest BCUT2D eigenvalue weighted by molar-refractivity contribution is -0.121. The zero-order valence-corrected chi connectivity index (χ0v) is 12.6. The van der Waals surface area contributed by atoms with E-state index in [1.54, 1.807) is 24.3 Å². The number of phenols is 1. The summed E-state index contributed by atoms with van der Waals surface area (Å²) >= 11 is 6.35. The van der Waals surface area contributed by atoms with Gasteiger partial charge in [0.2, 0.25) is 5.91 Å². The number of benzene rings is 1. The normalized spacial score (nSPS) is 23.8. The first kappa shape index (κ1) is 15.1. The summed E-state index contributed by atoms with van der Waals surface area (Å²) in [6.45, 7) is 5.04. The molecule has 1 aromatic carbocycles. The first-order valence-electron chi connectivity index (χ1n) is 6.97. The molecule has 1 amide bonds. The summed E-state index contributed by atoms with van der Waals surface area (Å²) in [6, 6.07) is 7.14. The summed E-state index contributed by atoms with van der Waals surface area (Å²) < 4.78 is 0. The van der Waals surface area contributed by atoms with Gasteiger partial charge >= 0.3 is 0 Å². The van der Waals surface area contributed by atoms with Crippen LogP contribution in [0.25, 0.3) is 0 Å². The maximum atomic E-state index is 12.2. The lowest BCUT2D eigenvalue weighted by Crippen LogP contribution is -2.45. The van der Waals surface area contributed by atoms with Crippen LogP contribution >= 0.6 is 11.6 Å². The van der Waals surface area contributed by atoms with Gasteiger partial charge in [-0.05, 0) is 38.8 Å². The average molecular weight is 297 g/mol. The number of likely N-dealkylation sites (tertiary alicyclic amines) is 1. The van der Waals surface area contributed by atoms with Gasteiger partial charge in [0.25, 0.3) is 0 Å². The highest BCUT2D eigenvalue weighted by Gasteiger charge is 2.32. The molecular weight excluding hydrogens is 276 g/mol. The number of anilines is 1. The number of hydrogen-bond donors (Lipinski definition) is 2. The molecule has 110 valence electrons. The fourth-order valence-electron chi connectivity index (χ4n) is 2.57. The number of piperidine rings is 1. The van der Waals surface area contributed by atoms with E-state index in [1.807, 2.05) is 0 Å². The Bertz CT molecular complexity index is 479. The van der Waals surface area contributed by atoms with Crippen molar-refractivity contribution in [1.29, 1.82) is 0 Å². The second-order valence-corrected chi connectivity index (χ2v) is 6.00. The summed E-state index contributed by atoms with van der Waals surface area (Å²) in [4.78, 5) is 14.4. The molecule has 0 spiro atoms. The van der Waals surface area contributed by atoms with Crippen LogP contribution in [0.5, 0.6) is 5.75 Å². The van der Waals surface area contributed by atoms with E-state index >= 15 is 0 Å². The van der Waals surface area contributed by atoms with Crippen molar-refractivity contribution in [2.24, 2.45) is 5.92 Å². The standard InChI is InChI=1S/C15H21ClN2O2/c1-10(2)18-8-7-11(9-14(18)16)15(20)17-12-5-3-4-6-13(12)19/h3-6,10-11,14,19H,7-9H2,1-2H3,(H,17,20). The first-order valence-corrected chi connectivity index (χ1v) is 7.41. The van der Waals surface area contributed by atoms with Gasteiger partial charge in [-0.1, -0.05) is 12.1 Å². The third-order valence-corrected chi connectivity index (χ3v) is 4.20. The van der Waals surface area contributed by atoms with Crippen molar-refractivity contribution in [3.05, 3.63) is 24.3 Å². The van der Waals surface area contributed by atoms with E-state index in [1.165, 1.54) is 0 Å². The van der Waals surface area contributed by atoms with Gasteiger partial charge in [0.05, 0.1) is 11.2 Å². The molecule has 5 heteroatoms. The number of hydrogen-bond acceptors (Lipinski definition) is 3. The van der Waals surface area contributed by atoms with Gasteiger partial charge in [-0.3, -0.25) is 9.69 Å². The Balaban J connectivity index is 1.96. The molecule has 1 fully saturated rings. The van der Waals surface area contributed by atoms with E-state index in [-0.39, 0.29) is 23.1 Å². The maximum Gasteiger partial charge on any atom is 0.227 e. The SMILES string of the molecule is CC(C)N1CCC(C(=O)Nc2ccccc2O)CC1Cl. The van der Waals surface area contributed by atoms with Crippen molar-refractivity contribution < 1.29 is 9.90 Å². The maximum absolute atomic E-state index is 12.2. The number of rotatable bonds is 3. The smallest absolute Gasteiger partial charge is 0.227 e. The zero-order chi connectivity index (χ0) is 14.7. The molecule has 1 aliphatic heterocycles. The largest absolute Gasteiger partial charge is 0.506 e. The molecule has 4 nitrogen and oxygen atoms in total. The van der Waals surface area contributed by atoms with Crippen LogP contribution in [0.15, 0.2) is 24.3 Å². The minimum atomic E-state index is -0.108. The quantitative estimate of drug-likeness (QED) is 0.512. The molecule has 2 rings (SSSR count). The lowest BCUT2D eigenvalue weighted by Gasteiger charge is -2.38. The van der Waals surface area contributed by atoms with Crippen LogP contribution in [0.2, 0.25) is 0 Å². The number of carbonyl (C=O) groups is 1. The van der Waals surface area contributed by atoms with E-state index in [0.717, 1.165) is 13.0 Å². The molecule has 1 heterocycles. The zero-order valence-electron chi connectivity index (χ0n) is 11.8. The number of para-hydroxylation sites is 2. The number of carbonyl (C=O) groups excluding carboxylic acids is 1. The minimum absolute atomic E-state index is 0.0689. The fourth-order valence-corrected chi connectivity index (χ4v) is 3.11. The van der Waals surface area contributed by atoms with Gasteiger partial charge in [-0.15, -0.1) is 11.6 Å². The number of nitrogens with zero attached hydrogens (tertiary/aromatic N) is 1. The topological polar surface area (TPSA) is 52.6 Å². The van der Waals surface area contributed by atoms with Crippen LogP contribution in [0.4, 0.5) is 5.69 Å². The average Bonchev–Trinajstić information content (AvgIpc) is 2.40. The molecule has 1 saturated heterocycles. The highest BCUT2D eigenvalue weighted by molar-refractivity contribution is 6.20. The lowest BCUT2D eigenvalue weighted by atomic mass is 9.94. The molecule has 1 aromatic rings. The van der Waals surface area contributed by atoms with Crippen molar-refractivity contribution in [2.75, 3.05) is 11.9 Å². The molecule has 1 aliphatic rings. The van der Waals surface area contributed by atoms with Crippen molar-refractivity contribution in [3.63, 3.8) is 0 Å². The van der Waals surface area contributed by atoms with E-state index in [2.05, 4.69) is 24.1 Å². The molecule has 0 aromatic heterocycles. The monoisotopic (exact) mass is 296 g/mol. The Morgan fingerprint density at radius 1 is 1.45 bits per heavy atom. The van der Waals surface area contributed by atoms with Crippen LogP contribution < -0.4 is 5.32 Å². The highest BCUT2D eigenvalue weighted by Crippen LogP contribution is 2.29. The first-order chi connectivity index (χ1) is 9.49. The van der Waals surface area contributed by atoms with Gasteiger partial charge in [-0.25, -0.2) is 0 Å². The third-order valence-electron chi connectivity index (χ3n) is 3.77. The summed E-state index contributed by atoms with van der Waals surface area (Å²) in [5, 5.41) is 12.5. The van der Waals surface area contributed by atoms with Crippen molar-refractivity contribution in [1.82, 2.24) is 4.90 Å². The molecule has 0 saturated carbocycles. The van der Waals surface area contributed by atoms with Gasteiger partial charge in [0.1, 0.15) is 5.75 Å². The number of alkyl halides is 1. The summed E-state index contributed by atoms with van der Waals surface area (Å²) in [6.07, 6.45) is 1.43. The third kappa shape index (κ3) is 3.44. The highest BCUT2D eigenvalue weighted by atomic mass is 35.5. The molecule has 2 unspecified atom stereocenters. The van der Waals surface area contributed by atoms with Crippen LogP contribution in [-0.4, -0.2) is 34.0 Å². The number of halogens is 1. The van der Waals surface area contributed by atoms with Crippen LogP contribution in [0.1, 0.15) is 26.7 Å². The Hall–Kier alpha value is -1.26. The predicted octanol–water partition coefficient (Wildman–Crippen LogP) is 3.02. The number of aromatic hydroxyl groups is 1. The molecule has 0 bridgehead atoms. The summed E-state index contributed by atoms with van der Waals surface area (Å²) in [7, 11) is 0. The summed E-state index contributed by atoms with van der Waals surface area (Å²) in [5.74, 6) is -0.0875. The van der Waals surface area contributed by atoms with Crippen LogP contribution in [0.3, 0.4) is 0 Å². The van der Waals surface area contributed by atoms with E-state index in [4.69, 9.17) is 11.6 Å². The molecule has 20 heavy (non-hydrogen) atoms. The van der Waals surface area contributed by atoms with Crippen LogP contribution in [0, 0.1) is 5.92 Å². The fraction of sp³-hybridized carbons (Fsp3) is 0.533. The van der Waals surface area contributed by atoms with Gasteiger partial charge in [0, 0.05) is 18.5 Å². The molecular formula is C15H21ClN2O2. The van der Waals surface area contributed by atoms with E-state index in [0.29, 0.717) is 18.2 Å². The Morgan fingerprint density at radius 2 is 2.15 bits per heavy atom. The van der Waals surface area contributed by atoms with Crippen molar-refractivity contribution in [3.8, 4) is 5.75 Å². The van der Waals surface area contributed by atoms with Crippen LogP contribution in [-0.2, 0) is 4.79 Å². The van der Waals surface area contributed by atoms with E-state index in [9.17, 15) is 9.90 Å². The van der Waals surface area contributed by atoms with Crippen molar-refractivity contribution in [2.45, 2.75) is 38.2 Å². The van der Waals surface area contributed by atoms with Gasteiger partial charge in [-0.2, -0.15) is 0 Å². The Morgan fingerprint density at radius 3 is 2.75 bits per heavy atom. The molecule has 2 N–H and O–H groups in total. The molecule has 0 radical (unpaired) electrons. The summed E-state index contributed by atoms with van der Waals surface area (Å²) in [5.41, 5.74) is 0.346. The predicted molar refractivity (Wildman–Crippen MR) is 80.9 cm³/mol. The number of nitrogens with one attached hydrogen (secondary N) is 1. The molecule has 2 atom stereocenters. The molecule has 0 aliphatic carbocycles. The number of amides is 1. The van der Waals surface area contributed by atoms with Gasteiger partial charge in [0.15, 0.2) is 0 Å². The second-order valence-electron chi connectivity index (χ2n) is 5.49. The van der Waals surface area contributed by atoms with Crippen molar-refractivity contribution >= 4 is 23.2 Å². The van der Waals surface area contributed by atoms with Gasteiger partial charge < -0.3 is 10.4 Å². The Labute approximate surface area is 124 Å². The second kappa shape index (κ2) is 6.46. The Kier molecular flexibility index (Phi) is 4.89. The number of phenolic OH excluding ortho intramolecular Hbond substituents is 1.